The highest BCUT2D eigenvalue weighted by Crippen LogP contribution is 2.13. The van der Waals surface area contributed by atoms with Crippen molar-refractivity contribution in [3.05, 3.63) is 0 Å². The minimum absolute atomic E-state index is 0.233. The first-order chi connectivity index (χ1) is 10.4. The van der Waals surface area contributed by atoms with Gasteiger partial charge in [0.2, 0.25) is 6.23 Å². The van der Waals surface area contributed by atoms with Crippen LogP contribution in [0.2, 0.25) is 0 Å². The Morgan fingerprint density at radius 2 is 1.32 bits per heavy atom. The summed E-state index contributed by atoms with van der Waals surface area (Å²) >= 11 is 0. The lowest BCUT2D eigenvalue weighted by Crippen LogP contribution is -2.55. The van der Waals surface area contributed by atoms with Crippen LogP contribution in [0.4, 0.5) is 0 Å². The van der Waals surface area contributed by atoms with Crippen molar-refractivity contribution in [1.29, 1.82) is 0 Å². The molecule has 0 aromatic heterocycles. The van der Waals surface area contributed by atoms with E-state index in [9.17, 15) is 5.11 Å². The summed E-state index contributed by atoms with van der Waals surface area (Å²) in [6.07, 6.45) is 12.4. The first-order valence-corrected chi connectivity index (χ1v) is 9.24. The average Bonchev–Trinajstić information content (AvgIpc) is 2.46. The van der Waals surface area contributed by atoms with Crippen LogP contribution < -0.4 is 5.73 Å². The Kier molecular flexibility index (Phi) is 13.2. The summed E-state index contributed by atoms with van der Waals surface area (Å²) in [5.74, 6) is 0. The Bertz CT molecular complexity index is 242. The van der Waals surface area contributed by atoms with Gasteiger partial charge in [0.25, 0.3) is 0 Å². The maximum atomic E-state index is 9.95. The van der Waals surface area contributed by atoms with E-state index >= 15 is 0 Å². The van der Waals surface area contributed by atoms with Crippen LogP contribution in [-0.2, 0) is 4.74 Å². The molecule has 0 aliphatic heterocycles. The highest BCUT2D eigenvalue weighted by atomic mass is 16.5. The van der Waals surface area contributed by atoms with Gasteiger partial charge in [0.05, 0.1) is 27.7 Å². The van der Waals surface area contributed by atoms with E-state index < -0.39 is 6.10 Å². The fourth-order valence-corrected chi connectivity index (χ4v) is 2.76. The SMILES string of the molecule is CCCCCCCCCCCCOC(C(O)CN)[N+](C)(C)C. The number of aliphatic hydroxyl groups is 1. The van der Waals surface area contributed by atoms with E-state index in [-0.39, 0.29) is 12.8 Å². The van der Waals surface area contributed by atoms with Gasteiger partial charge in [0, 0.05) is 6.54 Å². The molecule has 0 radical (unpaired) electrons. The number of quaternary nitrogens is 1. The third-order valence-electron chi connectivity index (χ3n) is 4.12. The maximum Gasteiger partial charge on any atom is 0.220 e. The standard InChI is InChI=1S/C18H41N2O2/c1-5-6-7-8-9-10-11-12-13-14-15-22-18(17(21)16-19)20(2,3)4/h17-18,21H,5-16,19H2,1-4H3/q+1. The topological polar surface area (TPSA) is 55.5 Å². The van der Waals surface area contributed by atoms with Gasteiger partial charge in [0.15, 0.2) is 0 Å². The molecular weight excluding hydrogens is 276 g/mol. The lowest BCUT2D eigenvalue weighted by molar-refractivity contribution is -0.923. The molecule has 134 valence electrons. The van der Waals surface area contributed by atoms with E-state index in [0.717, 1.165) is 6.42 Å². The minimum atomic E-state index is -0.594. The smallest absolute Gasteiger partial charge is 0.220 e. The Morgan fingerprint density at radius 1 is 0.864 bits per heavy atom. The first kappa shape index (κ1) is 21.8. The number of hydrogen-bond acceptors (Lipinski definition) is 3. The van der Waals surface area contributed by atoms with E-state index in [0.29, 0.717) is 11.1 Å². The van der Waals surface area contributed by atoms with Crippen molar-refractivity contribution in [3.8, 4) is 0 Å². The quantitative estimate of drug-likeness (QED) is 0.277. The normalized spacial score (nSPS) is 15.0. The Morgan fingerprint density at radius 3 is 1.73 bits per heavy atom. The van der Waals surface area contributed by atoms with Gasteiger partial charge in [-0.25, -0.2) is 0 Å². The zero-order valence-electron chi connectivity index (χ0n) is 15.5. The number of unbranched alkanes of at least 4 members (excludes halogenated alkanes) is 9. The highest BCUT2D eigenvalue weighted by Gasteiger charge is 2.31. The van der Waals surface area contributed by atoms with E-state index in [1.807, 2.05) is 21.1 Å². The molecule has 0 saturated carbocycles. The number of aliphatic hydroxyl groups excluding tert-OH is 1. The number of rotatable bonds is 15. The molecule has 0 heterocycles. The molecule has 0 rings (SSSR count). The van der Waals surface area contributed by atoms with E-state index in [1.54, 1.807) is 0 Å². The summed E-state index contributed by atoms with van der Waals surface area (Å²) in [4.78, 5) is 0. The molecule has 0 saturated heterocycles. The van der Waals surface area contributed by atoms with Gasteiger partial charge in [-0.3, -0.25) is 0 Å². The van der Waals surface area contributed by atoms with E-state index in [2.05, 4.69) is 6.92 Å². The molecule has 0 aromatic carbocycles. The van der Waals surface area contributed by atoms with Gasteiger partial charge in [-0.15, -0.1) is 0 Å². The predicted molar refractivity (Wildman–Crippen MR) is 94.7 cm³/mol. The molecule has 0 bridgehead atoms. The van der Waals surface area contributed by atoms with Crippen molar-refractivity contribution in [2.45, 2.75) is 83.5 Å². The summed E-state index contributed by atoms with van der Waals surface area (Å²) in [5.41, 5.74) is 5.56. The predicted octanol–water partition coefficient (Wildman–Crippen LogP) is 3.28. The molecule has 2 atom stereocenters. The van der Waals surface area contributed by atoms with Crippen LogP contribution in [-0.4, -0.2) is 56.2 Å². The number of ether oxygens (including phenoxy) is 1. The zero-order valence-corrected chi connectivity index (χ0v) is 15.5. The molecule has 3 N–H and O–H groups in total. The van der Waals surface area contributed by atoms with Crippen LogP contribution in [0, 0.1) is 0 Å². The second kappa shape index (κ2) is 13.3. The Labute approximate surface area is 138 Å². The highest BCUT2D eigenvalue weighted by molar-refractivity contribution is 4.61. The second-order valence-electron chi connectivity index (χ2n) is 7.36. The van der Waals surface area contributed by atoms with Crippen LogP contribution in [0.3, 0.4) is 0 Å². The van der Waals surface area contributed by atoms with Crippen molar-refractivity contribution in [2.24, 2.45) is 5.73 Å². The van der Waals surface area contributed by atoms with Crippen LogP contribution in [0.1, 0.15) is 71.1 Å². The summed E-state index contributed by atoms with van der Waals surface area (Å²) in [5, 5.41) is 9.95. The zero-order chi connectivity index (χ0) is 16.8. The Balaban J connectivity index is 3.54. The maximum absolute atomic E-state index is 9.95. The number of hydrogen-bond donors (Lipinski definition) is 2. The van der Waals surface area contributed by atoms with Gasteiger partial charge >= 0.3 is 0 Å². The molecule has 0 fully saturated rings. The van der Waals surface area contributed by atoms with Crippen LogP contribution in [0.15, 0.2) is 0 Å². The molecule has 0 amide bonds. The minimum Gasteiger partial charge on any atom is -0.383 e. The van der Waals surface area contributed by atoms with Gasteiger partial charge < -0.3 is 20.1 Å². The average molecular weight is 318 g/mol. The van der Waals surface area contributed by atoms with Crippen LogP contribution in [0.25, 0.3) is 0 Å². The summed E-state index contributed by atoms with van der Waals surface area (Å²) in [7, 11) is 6.09. The second-order valence-corrected chi connectivity index (χ2v) is 7.36. The molecule has 0 aliphatic rings. The molecule has 0 aliphatic carbocycles. The lowest BCUT2D eigenvalue weighted by Gasteiger charge is -2.36. The van der Waals surface area contributed by atoms with Gasteiger partial charge in [-0.05, 0) is 6.42 Å². The molecular formula is C18H41N2O2+. The summed E-state index contributed by atoms with van der Waals surface area (Å²) in [6.45, 7) is 3.23. The van der Waals surface area contributed by atoms with Crippen molar-refractivity contribution >= 4 is 0 Å². The van der Waals surface area contributed by atoms with Crippen LogP contribution >= 0.6 is 0 Å². The lowest BCUT2D eigenvalue weighted by atomic mass is 10.1. The molecule has 2 unspecified atom stereocenters. The van der Waals surface area contributed by atoms with Gasteiger partial charge in [-0.1, -0.05) is 64.7 Å². The largest absolute Gasteiger partial charge is 0.383 e. The third-order valence-corrected chi connectivity index (χ3v) is 4.12. The van der Waals surface area contributed by atoms with E-state index in [4.69, 9.17) is 10.5 Å². The van der Waals surface area contributed by atoms with Crippen LogP contribution in [0.5, 0.6) is 0 Å². The molecule has 0 aromatic rings. The van der Waals surface area contributed by atoms with Gasteiger partial charge in [0.1, 0.15) is 6.10 Å². The first-order valence-electron chi connectivity index (χ1n) is 9.24. The van der Waals surface area contributed by atoms with Crippen molar-refractivity contribution in [3.63, 3.8) is 0 Å². The van der Waals surface area contributed by atoms with Gasteiger partial charge in [-0.2, -0.15) is 0 Å². The molecule has 4 heteroatoms. The Hall–Kier alpha value is -0.160. The summed E-state index contributed by atoms with van der Waals surface area (Å²) in [6, 6.07) is 0. The van der Waals surface area contributed by atoms with Crippen molar-refractivity contribution in [2.75, 3.05) is 34.3 Å². The van der Waals surface area contributed by atoms with Crippen molar-refractivity contribution in [1.82, 2.24) is 0 Å². The fourth-order valence-electron chi connectivity index (χ4n) is 2.76. The fraction of sp³-hybridized carbons (Fsp3) is 1.00. The third kappa shape index (κ3) is 11.4. The number of nitrogens with two attached hydrogens (primary N) is 1. The monoisotopic (exact) mass is 317 g/mol. The molecule has 22 heavy (non-hydrogen) atoms. The molecule has 0 spiro atoms. The van der Waals surface area contributed by atoms with E-state index in [1.165, 1.54) is 57.8 Å². The number of likely N-dealkylation sites (N-methyl/N-ethyl adjacent to an activating group) is 1. The summed E-state index contributed by atoms with van der Waals surface area (Å²) < 4.78 is 6.45. The van der Waals surface area contributed by atoms with Crippen molar-refractivity contribution < 1.29 is 14.3 Å². The molecule has 4 nitrogen and oxygen atoms in total. The number of nitrogens with zero attached hydrogens (tertiary/aromatic N) is 1.